The Labute approximate surface area is 148 Å². The number of morpholine rings is 1. The van der Waals surface area contributed by atoms with Crippen LogP contribution in [0.4, 0.5) is 5.69 Å². The van der Waals surface area contributed by atoms with Crippen LogP contribution in [0.1, 0.15) is 5.56 Å². The van der Waals surface area contributed by atoms with Gasteiger partial charge in [-0.2, -0.15) is 0 Å². The number of thioether (sulfide) groups is 1. The third-order valence-corrected chi connectivity index (χ3v) is 5.45. The van der Waals surface area contributed by atoms with Gasteiger partial charge in [-0.3, -0.25) is 9.59 Å². The van der Waals surface area contributed by atoms with Gasteiger partial charge >= 0.3 is 0 Å². The SMILES string of the molecule is O=C(CSCC(=O)N1CCc2cc(Br)ccc21)N1CCOCC1. The monoisotopic (exact) mass is 398 g/mol. The molecular formula is C16H19BrN2O3S. The highest BCUT2D eigenvalue weighted by Gasteiger charge is 2.25. The Kier molecular flexibility index (Phi) is 5.61. The number of carbonyl (C=O) groups excluding carboxylic acids is 2. The Bertz CT molecular complexity index is 605. The molecule has 124 valence electrons. The first-order valence-corrected chi connectivity index (χ1v) is 9.62. The molecule has 0 bridgehead atoms. The Morgan fingerprint density at radius 1 is 1.13 bits per heavy atom. The molecular weight excluding hydrogens is 380 g/mol. The molecule has 2 heterocycles. The van der Waals surface area contributed by atoms with Crippen LogP contribution in [0.15, 0.2) is 22.7 Å². The minimum Gasteiger partial charge on any atom is -0.378 e. The van der Waals surface area contributed by atoms with Gasteiger partial charge in [-0.1, -0.05) is 15.9 Å². The molecule has 0 aliphatic carbocycles. The number of rotatable bonds is 4. The van der Waals surface area contributed by atoms with E-state index in [1.165, 1.54) is 17.3 Å². The van der Waals surface area contributed by atoms with Crippen LogP contribution in [0.25, 0.3) is 0 Å². The zero-order valence-electron chi connectivity index (χ0n) is 12.8. The fraction of sp³-hybridized carbons (Fsp3) is 0.500. The molecule has 0 spiro atoms. The maximum absolute atomic E-state index is 12.4. The lowest BCUT2D eigenvalue weighted by Crippen LogP contribution is -2.41. The molecule has 23 heavy (non-hydrogen) atoms. The topological polar surface area (TPSA) is 49.9 Å². The zero-order chi connectivity index (χ0) is 16.2. The van der Waals surface area contributed by atoms with Crippen molar-refractivity contribution in [2.75, 3.05) is 49.3 Å². The summed E-state index contributed by atoms with van der Waals surface area (Å²) in [5, 5.41) is 0. The summed E-state index contributed by atoms with van der Waals surface area (Å²) >= 11 is 4.85. The van der Waals surface area contributed by atoms with E-state index < -0.39 is 0 Å². The van der Waals surface area contributed by atoms with Crippen LogP contribution >= 0.6 is 27.7 Å². The van der Waals surface area contributed by atoms with Gasteiger partial charge in [0.25, 0.3) is 0 Å². The van der Waals surface area contributed by atoms with Gasteiger partial charge in [0.1, 0.15) is 0 Å². The number of anilines is 1. The Balaban J connectivity index is 1.48. The van der Waals surface area contributed by atoms with Gasteiger partial charge in [0.2, 0.25) is 11.8 Å². The summed E-state index contributed by atoms with van der Waals surface area (Å²) < 4.78 is 6.27. The fourth-order valence-electron chi connectivity index (χ4n) is 2.84. The van der Waals surface area contributed by atoms with Crippen LogP contribution in [0, 0.1) is 0 Å². The van der Waals surface area contributed by atoms with Crippen LogP contribution in [-0.4, -0.2) is 61.1 Å². The molecule has 0 aromatic heterocycles. The average Bonchev–Trinajstić information content (AvgIpc) is 2.98. The summed E-state index contributed by atoms with van der Waals surface area (Å²) in [4.78, 5) is 28.1. The molecule has 7 heteroatoms. The maximum Gasteiger partial charge on any atom is 0.237 e. The van der Waals surface area contributed by atoms with Gasteiger partial charge in [0, 0.05) is 29.8 Å². The summed E-state index contributed by atoms with van der Waals surface area (Å²) in [5.74, 6) is 0.862. The van der Waals surface area contributed by atoms with Crippen molar-refractivity contribution in [2.24, 2.45) is 0 Å². The molecule has 2 aliphatic heterocycles. The van der Waals surface area contributed by atoms with Crippen LogP contribution in [0.5, 0.6) is 0 Å². The number of amides is 2. The Morgan fingerprint density at radius 2 is 1.87 bits per heavy atom. The summed E-state index contributed by atoms with van der Waals surface area (Å²) in [6.45, 7) is 3.25. The molecule has 5 nitrogen and oxygen atoms in total. The Morgan fingerprint density at radius 3 is 2.65 bits per heavy atom. The second-order valence-corrected chi connectivity index (χ2v) is 7.46. The summed E-state index contributed by atoms with van der Waals surface area (Å²) in [7, 11) is 0. The molecule has 2 aliphatic rings. The van der Waals surface area contributed by atoms with E-state index in [1.54, 1.807) is 0 Å². The molecule has 3 rings (SSSR count). The summed E-state index contributed by atoms with van der Waals surface area (Å²) in [5.41, 5.74) is 2.19. The van der Waals surface area contributed by atoms with Crippen LogP contribution in [0.2, 0.25) is 0 Å². The van der Waals surface area contributed by atoms with E-state index in [0.29, 0.717) is 37.8 Å². The molecule has 1 saturated heterocycles. The molecule has 2 amide bonds. The molecule has 0 saturated carbocycles. The average molecular weight is 399 g/mol. The molecule has 1 aromatic rings. The van der Waals surface area contributed by atoms with E-state index in [2.05, 4.69) is 22.0 Å². The number of benzene rings is 1. The Hall–Kier alpha value is -1.05. The standard InChI is InChI=1S/C16H19BrN2O3S/c17-13-1-2-14-12(9-13)3-4-19(14)16(21)11-23-10-15(20)18-5-7-22-8-6-18/h1-2,9H,3-8,10-11H2. The second-order valence-electron chi connectivity index (χ2n) is 5.55. The number of hydrogen-bond donors (Lipinski definition) is 0. The molecule has 0 N–H and O–H groups in total. The van der Waals surface area contributed by atoms with E-state index in [0.717, 1.165) is 23.1 Å². The van der Waals surface area contributed by atoms with Gasteiger partial charge in [-0.15, -0.1) is 11.8 Å². The normalized spacial score (nSPS) is 17.3. The van der Waals surface area contributed by atoms with E-state index in [9.17, 15) is 9.59 Å². The first-order chi connectivity index (χ1) is 11.1. The molecule has 0 atom stereocenters. The quantitative estimate of drug-likeness (QED) is 0.777. The van der Waals surface area contributed by atoms with Gasteiger partial charge in [0.05, 0.1) is 24.7 Å². The summed E-state index contributed by atoms with van der Waals surface area (Å²) in [6.07, 6.45) is 0.887. The maximum atomic E-state index is 12.4. The van der Waals surface area contributed by atoms with Crippen molar-refractivity contribution in [3.05, 3.63) is 28.2 Å². The third-order valence-electron chi connectivity index (χ3n) is 4.05. The van der Waals surface area contributed by atoms with Gasteiger partial charge < -0.3 is 14.5 Å². The lowest BCUT2D eigenvalue weighted by molar-refractivity contribution is -0.132. The highest BCUT2D eigenvalue weighted by molar-refractivity contribution is 9.10. The highest BCUT2D eigenvalue weighted by Crippen LogP contribution is 2.30. The molecule has 0 radical (unpaired) electrons. The van der Waals surface area contributed by atoms with E-state index >= 15 is 0 Å². The second kappa shape index (κ2) is 7.68. The van der Waals surface area contributed by atoms with Crippen molar-refractivity contribution in [1.29, 1.82) is 0 Å². The predicted molar refractivity (Wildman–Crippen MR) is 94.9 cm³/mol. The van der Waals surface area contributed by atoms with E-state index in [1.807, 2.05) is 21.9 Å². The highest BCUT2D eigenvalue weighted by atomic mass is 79.9. The zero-order valence-corrected chi connectivity index (χ0v) is 15.2. The predicted octanol–water partition coefficient (Wildman–Crippen LogP) is 1.93. The molecule has 1 fully saturated rings. The largest absolute Gasteiger partial charge is 0.378 e. The number of nitrogens with zero attached hydrogens (tertiary/aromatic N) is 2. The smallest absolute Gasteiger partial charge is 0.237 e. The van der Waals surface area contributed by atoms with Crippen molar-refractivity contribution in [3.63, 3.8) is 0 Å². The van der Waals surface area contributed by atoms with Crippen molar-refractivity contribution in [3.8, 4) is 0 Å². The lowest BCUT2D eigenvalue weighted by Gasteiger charge is -2.26. The number of carbonyl (C=O) groups is 2. The number of fused-ring (bicyclic) bond motifs is 1. The minimum atomic E-state index is 0.0749. The number of halogens is 1. The fourth-order valence-corrected chi connectivity index (χ4v) is 4.04. The minimum absolute atomic E-state index is 0.0749. The van der Waals surface area contributed by atoms with Crippen molar-refractivity contribution in [2.45, 2.75) is 6.42 Å². The van der Waals surface area contributed by atoms with Crippen LogP contribution < -0.4 is 4.90 Å². The number of ether oxygens (including phenoxy) is 1. The van der Waals surface area contributed by atoms with Crippen molar-refractivity contribution < 1.29 is 14.3 Å². The lowest BCUT2D eigenvalue weighted by atomic mass is 10.2. The van der Waals surface area contributed by atoms with Gasteiger partial charge in [-0.05, 0) is 30.2 Å². The van der Waals surface area contributed by atoms with Crippen LogP contribution in [-0.2, 0) is 20.7 Å². The van der Waals surface area contributed by atoms with Gasteiger partial charge in [-0.25, -0.2) is 0 Å². The summed E-state index contributed by atoms with van der Waals surface area (Å²) in [6, 6.07) is 6.01. The molecule has 0 unspecified atom stereocenters. The van der Waals surface area contributed by atoms with E-state index in [4.69, 9.17) is 4.74 Å². The number of hydrogen-bond acceptors (Lipinski definition) is 4. The first kappa shape index (κ1) is 16.8. The van der Waals surface area contributed by atoms with Crippen molar-refractivity contribution in [1.82, 2.24) is 4.90 Å². The van der Waals surface area contributed by atoms with Crippen molar-refractivity contribution >= 4 is 45.2 Å². The third kappa shape index (κ3) is 4.08. The first-order valence-electron chi connectivity index (χ1n) is 7.67. The van der Waals surface area contributed by atoms with Gasteiger partial charge in [0.15, 0.2) is 0 Å². The van der Waals surface area contributed by atoms with Crippen LogP contribution in [0.3, 0.4) is 0 Å². The molecule has 1 aromatic carbocycles. The van der Waals surface area contributed by atoms with E-state index in [-0.39, 0.29) is 11.8 Å².